The largest absolute Gasteiger partial charge is 0.385 e. The summed E-state index contributed by atoms with van der Waals surface area (Å²) in [6.45, 7) is 1.42. The van der Waals surface area contributed by atoms with Crippen molar-refractivity contribution < 1.29 is 4.74 Å². The third kappa shape index (κ3) is 4.08. The van der Waals surface area contributed by atoms with Crippen molar-refractivity contribution in [2.45, 2.75) is 12.5 Å². The third-order valence-electron chi connectivity index (χ3n) is 3.38. The molecule has 0 aliphatic carbocycles. The van der Waals surface area contributed by atoms with Gasteiger partial charge in [-0.2, -0.15) is 0 Å². The highest BCUT2D eigenvalue weighted by atomic mass is 16.5. The summed E-state index contributed by atoms with van der Waals surface area (Å²) < 4.78 is 5.25. The fourth-order valence-corrected chi connectivity index (χ4v) is 2.12. The molecule has 0 heterocycles. The summed E-state index contributed by atoms with van der Waals surface area (Å²) in [7, 11) is 1.70. The van der Waals surface area contributed by atoms with Crippen molar-refractivity contribution in [3.63, 3.8) is 0 Å². The highest BCUT2D eigenvalue weighted by Gasteiger charge is 2.03. The average molecular weight is 270 g/mol. The molecule has 2 aromatic rings. The van der Waals surface area contributed by atoms with Crippen molar-refractivity contribution in [3.8, 4) is 11.1 Å². The zero-order chi connectivity index (χ0) is 14.2. The van der Waals surface area contributed by atoms with E-state index in [1.807, 2.05) is 6.07 Å². The number of rotatable bonds is 7. The maximum Gasteiger partial charge on any atom is 0.0710 e. The van der Waals surface area contributed by atoms with E-state index in [1.54, 1.807) is 7.11 Å². The van der Waals surface area contributed by atoms with Crippen LogP contribution in [0.1, 0.15) is 6.42 Å². The van der Waals surface area contributed by atoms with Gasteiger partial charge in [0.15, 0.2) is 0 Å². The van der Waals surface area contributed by atoms with Gasteiger partial charge in [-0.05, 0) is 29.7 Å². The molecule has 0 aliphatic rings. The Kier molecular flexibility index (Phi) is 5.59. The predicted octanol–water partition coefficient (Wildman–Crippen LogP) is 3.13. The maximum atomic E-state index is 5.59. The molecule has 0 spiro atoms. The van der Waals surface area contributed by atoms with Crippen LogP contribution in [0.3, 0.4) is 0 Å². The maximum absolute atomic E-state index is 5.59. The van der Waals surface area contributed by atoms with Gasteiger partial charge in [0, 0.05) is 25.9 Å². The number of nitrogens with one attached hydrogen (secondary N) is 1. The van der Waals surface area contributed by atoms with E-state index in [9.17, 15) is 0 Å². The van der Waals surface area contributed by atoms with Gasteiger partial charge in [-0.15, -0.1) is 0 Å². The highest BCUT2D eigenvalue weighted by molar-refractivity contribution is 5.65. The Morgan fingerprint density at radius 1 is 1.00 bits per heavy atom. The molecule has 0 radical (unpaired) electrons. The van der Waals surface area contributed by atoms with Gasteiger partial charge in [0.1, 0.15) is 0 Å². The quantitative estimate of drug-likeness (QED) is 0.812. The second kappa shape index (κ2) is 7.68. The van der Waals surface area contributed by atoms with Crippen LogP contribution in [0.4, 0.5) is 5.69 Å². The SMILES string of the molecule is COC(CN)CCNc1ccc(-c2ccccc2)cc1. The van der Waals surface area contributed by atoms with E-state index in [4.69, 9.17) is 10.5 Å². The number of nitrogens with two attached hydrogens (primary N) is 1. The summed E-state index contributed by atoms with van der Waals surface area (Å²) in [4.78, 5) is 0. The van der Waals surface area contributed by atoms with Crippen LogP contribution in [-0.2, 0) is 4.74 Å². The molecule has 3 heteroatoms. The van der Waals surface area contributed by atoms with Gasteiger partial charge in [0.25, 0.3) is 0 Å². The molecule has 0 bridgehead atoms. The van der Waals surface area contributed by atoms with Crippen LogP contribution in [0, 0.1) is 0 Å². The van der Waals surface area contributed by atoms with Gasteiger partial charge in [-0.1, -0.05) is 42.5 Å². The summed E-state index contributed by atoms with van der Waals surface area (Å²) in [5.41, 5.74) is 9.18. The Morgan fingerprint density at radius 2 is 1.65 bits per heavy atom. The van der Waals surface area contributed by atoms with Crippen LogP contribution in [0.25, 0.3) is 11.1 Å². The molecular formula is C17H22N2O. The van der Waals surface area contributed by atoms with Crippen molar-refractivity contribution in [3.05, 3.63) is 54.6 Å². The fourth-order valence-electron chi connectivity index (χ4n) is 2.12. The number of ether oxygens (including phenoxy) is 1. The van der Waals surface area contributed by atoms with Crippen LogP contribution >= 0.6 is 0 Å². The number of anilines is 1. The van der Waals surface area contributed by atoms with Crippen LogP contribution in [0.5, 0.6) is 0 Å². The summed E-state index contributed by atoms with van der Waals surface area (Å²) in [6, 6.07) is 18.9. The van der Waals surface area contributed by atoms with E-state index >= 15 is 0 Å². The van der Waals surface area contributed by atoms with Crippen LogP contribution in [0.15, 0.2) is 54.6 Å². The topological polar surface area (TPSA) is 47.3 Å². The van der Waals surface area contributed by atoms with E-state index in [-0.39, 0.29) is 6.10 Å². The zero-order valence-electron chi connectivity index (χ0n) is 11.9. The molecule has 0 aromatic heterocycles. The van der Waals surface area contributed by atoms with E-state index in [0.29, 0.717) is 6.54 Å². The standard InChI is InChI=1S/C17H22N2O/c1-20-17(13-18)11-12-19-16-9-7-15(8-10-16)14-5-3-2-4-6-14/h2-10,17,19H,11-13,18H2,1H3. The first kappa shape index (κ1) is 14.6. The average Bonchev–Trinajstić information content (AvgIpc) is 2.53. The fraction of sp³-hybridized carbons (Fsp3) is 0.294. The van der Waals surface area contributed by atoms with Crippen LogP contribution in [0.2, 0.25) is 0 Å². The predicted molar refractivity (Wildman–Crippen MR) is 84.8 cm³/mol. The molecule has 0 saturated carbocycles. The molecule has 0 amide bonds. The van der Waals surface area contributed by atoms with Gasteiger partial charge in [-0.25, -0.2) is 0 Å². The van der Waals surface area contributed by atoms with Gasteiger partial charge in [-0.3, -0.25) is 0 Å². The second-order valence-corrected chi connectivity index (χ2v) is 4.75. The smallest absolute Gasteiger partial charge is 0.0710 e. The summed E-state index contributed by atoms with van der Waals surface area (Å²) in [5.74, 6) is 0. The van der Waals surface area contributed by atoms with Crippen molar-refractivity contribution in [1.29, 1.82) is 0 Å². The Hall–Kier alpha value is -1.84. The minimum atomic E-state index is 0.131. The molecule has 2 rings (SSSR count). The zero-order valence-corrected chi connectivity index (χ0v) is 11.9. The summed E-state index contributed by atoms with van der Waals surface area (Å²) in [6.07, 6.45) is 1.04. The lowest BCUT2D eigenvalue weighted by atomic mass is 10.1. The monoisotopic (exact) mass is 270 g/mol. The molecule has 0 saturated heterocycles. The molecular weight excluding hydrogens is 248 g/mol. The Morgan fingerprint density at radius 3 is 2.25 bits per heavy atom. The summed E-state index contributed by atoms with van der Waals surface area (Å²) >= 11 is 0. The molecule has 106 valence electrons. The van der Waals surface area contributed by atoms with Crippen molar-refractivity contribution in [2.24, 2.45) is 5.73 Å². The van der Waals surface area contributed by atoms with E-state index in [2.05, 4.69) is 53.8 Å². The second-order valence-electron chi connectivity index (χ2n) is 4.75. The third-order valence-corrected chi connectivity index (χ3v) is 3.38. The van der Waals surface area contributed by atoms with E-state index in [0.717, 1.165) is 18.7 Å². The molecule has 1 atom stereocenters. The lowest BCUT2D eigenvalue weighted by Gasteiger charge is -2.13. The lowest BCUT2D eigenvalue weighted by Crippen LogP contribution is -2.24. The number of benzene rings is 2. The molecule has 3 nitrogen and oxygen atoms in total. The molecule has 3 N–H and O–H groups in total. The summed E-state index contributed by atoms with van der Waals surface area (Å²) in [5, 5.41) is 3.39. The van der Waals surface area contributed by atoms with Gasteiger partial charge in [0.05, 0.1) is 6.10 Å². The lowest BCUT2D eigenvalue weighted by molar-refractivity contribution is 0.105. The van der Waals surface area contributed by atoms with Gasteiger partial charge < -0.3 is 15.8 Å². The van der Waals surface area contributed by atoms with E-state index < -0.39 is 0 Å². The first-order valence-corrected chi connectivity index (χ1v) is 6.95. The first-order valence-electron chi connectivity index (χ1n) is 6.95. The Labute approximate surface area is 120 Å². The highest BCUT2D eigenvalue weighted by Crippen LogP contribution is 2.20. The number of methoxy groups -OCH3 is 1. The molecule has 0 aliphatic heterocycles. The first-order chi connectivity index (χ1) is 9.83. The van der Waals surface area contributed by atoms with Gasteiger partial charge >= 0.3 is 0 Å². The number of hydrogen-bond acceptors (Lipinski definition) is 3. The van der Waals surface area contributed by atoms with Crippen molar-refractivity contribution >= 4 is 5.69 Å². The normalized spacial score (nSPS) is 12.1. The van der Waals surface area contributed by atoms with Crippen molar-refractivity contribution in [1.82, 2.24) is 0 Å². The molecule has 1 unspecified atom stereocenters. The molecule has 0 fully saturated rings. The molecule has 2 aromatic carbocycles. The van der Waals surface area contributed by atoms with Crippen molar-refractivity contribution in [2.75, 3.05) is 25.5 Å². The molecule has 20 heavy (non-hydrogen) atoms. The Balaban J connectivity index is 1.89. The van der Waals surface area contributed by atoms with Gasteiger partial charge in [0.2, 0.25) is 0 Å². The van der Waals surface area contributed by atoms with E-state index in [1.165, 1.54) is 11.1 Å². The van der Waals surface area contributed by atoms with Crippen LogP contribution < -0.4 is 11.1 Å². The van der Waals surface area contributed by atoms with Crippen LogP contribution in [-0.4, -0.2) is 26.3 Å². The number of hydrogen-bond donors (Lipinski definition) is 2. The Bertz CT molecular complexity index is 492. The minimum Gasteiger partial charge on any atom is -0.385 e. The minimum absolute atomic E-state index is 0.131.